The summed E-state index contributed by atoms with van der Waals surface area (Å²) >= 11 is 0. The molecule has 3 amide bonds. The van der Waals surface area contributed by atoms with Gasteiger partial charge in [0.05, 0.1) is 0 Å². The molecule has 1 aliphatic rings. The van der Waals surface area contributed by atoms with Crippen molar-refractivity contribution in [2.24, 2.45) is 11.8 Å². The van der Waals surface area contributed by atoms with E-state index < -0.39 is 29.3 Å². The van der Waals surface area contributed by atoms with Crippen molar-refractivity contribution >= 4 is 17.9 Å². The Morgan fingerprint density at radius 1 is 1.06 bits per heavy atom. The third-order valence-corrected chi connectivity index (χ3v) is 6.56. The molecule has 0 saturated heterocycles. The standard InChI is InChI=1S/C29H47N3O4/c1-11-18(3)23(30-27(35)36-29(8,9)10)26(34)32(22-17-19(22)4)24(25(33)31-28(5,6)7)21-15-13-20(12-2)14-16-21/h13-16,18-19,22-24H,11-12,17H2,1-10H3,(H,30,35)(H,31,33). The number of rotatable bonds is 9. The smallest absolute Gasteiger partial charge is 0.408 e. The van der Waals surface area contributed by atoms with E-state index >= 15 is 0 Å². The number of carbonyl (C=O) groups is 3. The normalized spacial score (nSPS) is 20.1. The second-order valence-corrected chi connectivity index (χ2v) is 12.3. The summed E-state index contributed by atoms with van der Waals surface area (Å²) in [6, 6.07) is 6.22. The number of hydrogen-bond donors (Lipinski definition) is 2. The number of hydrogen-bond acceptors (Lipinski definition) is 4. The lowest BCUT2D eigenvalue weighted by Gasteiger charge is -2.37. The average molecular weight is 502 g/mol. The molecule has 0 aliphatic heterocycles. The Balaban J connectivity index is 2.53. The Bertz CT molecular complexity index is 914. The van der Waals surface area contributed by atoms with Crippen LogP contribution in [0, 0.1) is 11.8 Å². The van der Waals surface area contributed by atoms with Gasteiger partial charge < -0.3 is 20.3 Å². The van der Waals surface area contributed by atoms with Gasteiger partial charge in [0.15, 0.2) is 0 Å². The van der Waals surface area contributed by atoms with Crippen LogP contribution in [0.25, 0.3) is 0 Å². The van der Waals surface area contributed by atoms with E-state index in [1.165, 1.54) is 0 Å². The van der Waals surface area contributed by atoms with Gasteiger partial charge in [-0.3, -0.25) is 9.59 Å². The fraction of sp³-hybridized carbons (Fsp3) is 0.690. The molecule has 1 fully saturated rings. The monoisotopic (exact) mass is 501 g/mol. The molecule has 1 aromatic rings. The molecule has 7 heteroatoms. The third kappa shape index (κ3) is 8.24. The van der Waals surface area contributed by atoms with Gasteiger partial charge in [0.1, 0.15) is 17.7 Å². The minimum absolute atomic E-state index is 0.0777. The third-order valence-electron chi connectivity index (χ3n) is 6.56. The van der Waals surface area contributed by atoms with E-state index in [-0.39, 0.29) is 29.7 Å². The minimum atomic E-state index is -0.808. The molecule has 0 heterocycles. The molecular weight excluding hydrogens is 454 g/mol. The van der Waals surface area contributed by atoms with Crippen LogP contribution >= 0.6 is 0 Å². The number of nitrogens with zero attached hydrogens (tertiary/aromatic N) is 1. The van der Waals surface area contributed by atoms with E-state index in [0.717, 1.165) is 24.0 Å². The van der Waals surface area contributed by atoms with Crippen molar-refractivity contribution in [3.8, 4) is 0 Å². The van der Waals surface area contributed by atoms with Gasteiger partial charge in [-0.05, 0) is 77.3 Å². The highest BCUT2D eigenvalue weighted by Crippen LogP contribution is 2.41. The molecule has 1 aromatic carbocycles. The van der Waals surface area contributed by atoms with Crippen molar-refractivity contribution < 1.29 is 19.1 Å². The molecule has 0 bridgehead atoms. The summed E-state index contributed by atoms with van der Waals surface area (Å²) in [5.41, 5.74) is 0.776. The van der Waals surface area contributed by atoms with E-state index in [4.69, 9.17) is 4.74 Å². The first-order chi connectivity index (χ1) is 16.6. The van der Waals surface area contributed by atoms with E-state index in [0.29, 0.717) is 6.42 Å². The highest BCUT2D eigenvalue weighted by Gasteiger charge is 2.49. The number of amides is 3. The zero-order chi connectivity index (χ0) is 27.4. The van der Waals surface area contributed by atoms with Gasteiger partial charge in [-0.1, -0.05) is 58.4 Å². The molecule has 0 spiro atoms. The Kier molecular flexibility index (Phi) is 9.60. The summed E-state index contributed by atoms with van der Waals surface area (Å²) < 4.78 is 5.47. The fourth-order valence-electron chi connectivity index (χ4n) is 4.26. The van der Waals surface area contributed by atoms with Crippen LogP contribution in [0.1, 0.15) is 99.2 Å². The van der Waals surface area contributed by atoms with Crippen molar-refractivity contribution in [1.82, 2.24) is 15.5 Å². The quantitative estimate of drug-likeness (QED) is 0.475. The van der Waals surface area contributed by atoms with E-state index in [1.807, 2.05) is 58.9 Å². The molecular formula is C29H47N3O4. The van der Waals surface area contributed by atoms with Crippen molar-refractivity contribution in [2.75, 3.05) is 0 Å². The lowest BCUT2D eigenvalue weighted by atomic mass is 9.94. The maximum absolute atomic E-state index is 14.3. The Labute approximate surface area is 217 Å². The lowest BCUT2D eigenvalue weighted by molar-refractivity contribution is -0.145. The van der Waals surface area contributed by atoms with Gasteiger partial charge in [0.25, 0.3) is 0 Å². The molecule has 0 radical (unpaired) electrons. The zero-order valence-electron chi connectivity index (χ0n) is 23.9. The molecule has 1 aliphatic carbocycles. The summed E-state index contributed by atoms with van der Waals surface area (Å²) in [7, 11) is 0. The molecule has 0 aromatic heterocycles. The largest absolute Gasteiger partial charge is 0.444 e. The maximum Gasteiger partial charge on any atom is 0.408 e. The number of carbonyl (C=O) groups excluding carboxylic acids is 3. The highest BCUT2D eigenvalue weighted by atomic mass is 16.6. The number of benzene rings is 1. The van der Waals surface area contributed by atoms with Gasteiger partial charge >= 0.3 is 6.09 Å². The van der Waals surface area contributed by atoms with Crippen LogP contribution in [0.5, 0.6) is 0 Å². The van der Waals surface area contributed by atoms with Crippen molar-refractivity contribution in [3.63, 3.8) is 0 Å². The Morgan fingerprint density at radius 3 is 2.03 bits per heavy atom. The molecule has 7 nitrogen and oxygen atoms in total. The fourth-order valence-corrected chi connectivity index (χ4v) is 4.26. The van der Waals surface area contributed by atoms with Crippen LogP contribution < -0.4 is 10.6 Å². The van der Waals surface area contributed by atoms with Gasteiger partial charge in [0, 0.05) is 11.6 Å². The lowest BCUT2D eigenvalue weighted by Crippen LogP contribution is -2.57. The second-order valence-electron chi connectivity index (χ2n) is 12.3. The molecule has 5 unspecified atom stereocenters. The second kappa shape index (κ2) is 11.7. The average Bonchev–Trinajstić information content (AvgIpc) is 3.48. The van der Waals surface area contributed by atoms with Gasteiger partial charge in [-0.2, -0.15) is 0 Å². The molecule has 202 valence electrons. The number of alkyl carbamates (subject to hydrolysis) is 1. The first-order valence-corrected chi connectivity index (χ1v) is 13.3. The van der Waals surface area contributed by atoms with E-state index in [1.54, 1.807) is 25.7 Å². The van der Waals surface area contributed by atoms with Crippen LogP contribution in [0.2, 0.25) is 0 Å². The first kappa shape index (κ1) is 29.7. The minimum Gasteiger partial charge on any atom is -0.444 e. The predicted octanol–water partition coefficient (Wildman–Crippen LogP) is 5.38. The van der Waals surface area contributed by atoms with Crippen molar-refractivity contribution in [3.05, 3.63) is 35.4 Å². The summed E-state index contributed by atoms with van der Waals surface area (Å²) in [6.45, 7) is 19.3. The molecule has 36 heavy (non-hydrogen) atoms. The highest BCUT2D eigenvalue weighted by molar-refractivity contribution is 5.93. The van der Waals surface area contributed by atoms with E-state index in [2.05, 4.69) is 24.5 Å². The van der Waals surface area contributed by atoms with Gasteiger partial charge in [-0.25, -0.2) is 4.79 Å². The van der Waals surface area contributed by atoms with E-state index in [9.17, 15) is 14.4 Å². The summed E-state index contributed by atoms with van der Waals surface area (Å²) in [6.07, 6.45) is 1.76. The Morgan fingerprint density at radius 2 is 1.61 bits per heavy atom. The predicted molar refractivity (Wildman–Crippen MR) is 143 cm³/mol. The van der Waals surface area contributed by atoms with Crippen LogP contribution in [0.3, 0.4) is 0 Å². The summed E-state index contributed by atoms with van der Waals surface area (Å²) in [5, 5.41) is 5.92. The molecule has 5 atom stereocenters. The summed E-state index contributed by atoms with van der Waals surface area (Å²) in [5.74, 6) is -0.346. The van der Waals surface area contributed by atoms with Crippen LogP contribution in [0.15, 0.2) is 24.3 Å². The molecule has 1 saturated carbocycles. The number of nitrogens with one attached hydrogen (secondary N) is 2. The van der Waals surface area contributed by atoms with Gasteiger partial charge in [-0.15, -0.1) is 0 Å². The maximum atomic E-state index is 14.3. The van der Waals surface area contributed by atoms with Gasteiger partial charge in [0.2, 0.25) is 11.8 Å². The van der Waals surface area contributed by atoms with Crippen molar-refractivity contribution in [1.29, 1.82) is 0 Å². The number of aryl methyl sites for hydroxylation is 1. The van der Waals surface area contributed by atoms with Crippen molar-refractivity contribution in [2.45, 2.75) is 118 Å². The SMILES string of the molecule is CCc1ccc(C(C(=O)NC(C)(C)C)N(C(=O)C(NC(=O)OC(C)(C)C)C(C)CC)C2CC2C)cc1. The summed E-state index contributed by atoms with van der Waals surface area (Å²) in [4.78, 5) is 42.4. The topological polar surface area (TPSA) is 87.7 Å². The van der Waals surface area contributed by atoms with Crippen LogP contribution in [-0.4, -0.2) is 46.0 Å². The zero-order valence-corrected chi connectivity index (χ0v) is 23.9. The first-order valence-electron chi connectivity index (χ1n) is 13.3. The molecule has 2 N–H and O–H groups in total. The molecule has 2 rings (SSSR count). The Hall–Kier alpha value is -2.57. The van der Waals surface area contributed by atoms with Crippen LogP contribution in [-0.2, 0) is 20.7 Å². The number of ether oxygens (including phenoxy) is 1. The van der Waals surface area contributed by atoms with Crippen LogP contribution in [0.4, 0.5) is 4.79 Å².